The average Bonchev–Trinajstić information content (AvgIpc) is 2.91. The molecule has 1 unspecified atom stereocenters. The molecule has 2 aromatic rings. The number of hydrogen-bond donors (Lipinski definition) is 2. The normalized spacial score (nSPS) is 12.1. The Morgan fingerprint density at radius 3 is 2.81 bits per heavy atom. The predicted octanol–water partition coefficient (Wildman–Crippen LogP) is 2.36. The summed E-state index contributed by atoms with van der Waals surface area (Å²) in [5, 5.41) is 6.67. The second-order valence-electron chi connectivity index (χ2n) is 4.95. The maximum Gasteiger partial charge on any atom is 0.260 e. The molecule has 0 aliphatic rings. The Hall–Kier alpha value is -2.21. The van der Waals surface area contributed by atoms with Crippen LogP contribution in [0.3, 0.4) is 0 Å². The molecule has 0 aliphatic carbocycles. The topological polar surface area (TPSA) is 94.0 Å². The molecule has 1 amide bonds. The number of aromatic nitrogens is 2. The van der Waals surface area contributed by atoms with E-state index in [1.165, 1.54) is 0 Å². The third-order valence-corrected chi connectivity index (χ3v) is 3.34. The molecule has 112 valence electrons. The minimum atomic E-state index is -0.0593. The van der Waals surface area contributed by atoms with Crippen LogP contribution in [0.1, 0.15) is 25.6 Å². The molecular weight excluding hydrogens is 268 g/mol. The van der Waals surface area contributed by atoms with Crippen molar-refractivity contribution in [2.24, 2.45) is 11.7 Å². The Balaban J connectivity index is 2.15. The summed E-state index contributed by atoms with van der Waals surface area (Å²) in [6.07, 6.45) is 1.29. The van der Waals surface area contributed by atoms with E-state index in [0.29, 0.717) is 35.9 Å². The predicted molar refractivity (Wildman–Crippen MR) is 80.6 cm³/mol. The van der Waals surface area contributed by atoms with Crippen molar-refractivity contribution in [2.45, 2.75) is 26.7 Å². The molecule has 0 bridgehead atoms. The molecule has 0 fully saturated rings. The number of anilines is 1. The number of carbonyl (C=O) groups is 1. The summed E-state index contributed by atoms with van der Waals surface area (Å²) in [4.78, 5) is 16.3. The summed E-state index contributed by atoms with van der Waals surface area (Å²) in [5.74, 6) is 1.09. The molecule has 0 radical (unpaired) electrons. The Kier molecular flexibility index (Phi) is 5.05. The van der Waals surface area contributed by atoms with Gasteiger partial charge in [0.25, 0.3) is 5.89 Å². The fraction of sp³-hybridized carbons (Fsp3) is 0.400. The van der Waals surface area contributed by atoms with Crippen molar-refractivity contribution in [3.05, 3.63) is 30.1 Å². The summed E-state index contributed by atoms with van der Waals surface area (Å²) in [7, 11) is 0. The summed E-state index contributed by atoms with van der Waals surface area (Å²) in [6, 6.07) is 7.36. The largest absolute Gasteiger partial charge is 0.334 e. The van der Waals surface area contributed by atoms with Crippen LogP contribution in [0.4, 0.5) is 5.69 Å². The first kappa shape index (κ1) is 15.2. The molecule has 1 aromatic heterocycles. The van der Waals surface area contributed by atoms with E-state index in [4.69, 9.17) is 10.3 Å². The highest BCUT2D eigenvalue weighted by atomic mass is 16.5. The number of rotatable bonds is 6. The number of nitrogens with zero attached hydrogens (tertiary/aromatic N) is 2. The molecule has 1 aromatic carbocycles. The molecule has 0 saturated heterocycles. The SMILES string of the molecule is CCC(CN)CC(=O)Nc1ccccc1-c1nc(C)no1. The van der Waals surface area contributed by atoms with Gasteiger partial charge in [-0.3, -0.25) is 4.79 Å². The van der Waals surface area contributed by atoms with Crippen molar-refractivity contribution in [3.8, 4) is 11.5 Å². The van der Waals surface area contributed by atoms with E-state index in [9.17, 15) is 4.79 Å². The fourth-order valence-corrected chi connectivity index (χ4v) is 2.04. The first-order valence-corrected chi connectivity index (χ1v) is 7.03. The highest BCUT2D eigenvalue weighted by molar-refractivity contribution is 5.94. The van der Waals surface area contributed by atoms with Crippen LogP contribution in [-0.4, -0.2) is 22.6 Å². The molecule has 6 heteroatoms. The van der Waals surface area contributed by atoms with Crippen molar-refractivity contribution >= 4 is 11.6 Å². The van der Waals surface area contributed by atoms with Crippen molar-refractivity contribution in [2.75, 3.05) is 11.9 Å². The number of nitrogens with one attached hydrogen (secondary N) is 1. The molecule has 21 heavy (non-hydrogen) atoms. The third-order valence-electron chi connectivity index (χ3n) is 3.34. The van der Waals surface area contributed by atoms with Crippen LogP contribution >= 0.6 is 0 Å². The van der Waals surface area contributed by atoms with Gasteiger partial charge in [0.15, 0.2) is 5.82 Å². The third kappa shape index (κ3) is 3.88. The van der Waals surface area contributed by atoms with Gasteiger partial charge in [-0.2, -0.15) is 4.98 Å². The van der Waals surface area contributed by atoms with Gasteiger partial charge in [0.1, 0.15) is 0 Å². The maximum atomic E-state index is 12.1. The molecule has 6 nitrogen and oxygen atoms in total. The van der Waals surface area contributed by atoms with Gasteiger partial charge in [0, 0.05) is 6.42 Å². The lowest BCUT2D eigenvalue weighted by Gasteiger charge is -2.13. The van der Waals surface area contributed by atoms with Gasteiger partial charge >= 0.3 is 0 Å². The van der Waals surface area contributed by atoms with Crippen LogP contribution in [0, 0.1) is 12.8 Å². The van der Waals surface area contributed by atoms with Gasteiger partial charge in [0.05, 0.1) is 11.3 Å². The molecule has 0 spiro atoms. The summed E-state index contributed by atoms with van der Waals surface area (Å²) in [5.41, 5.74) is 7.02. The van der Waals surface area contributed by atoms with E-state index in [2.05, 4.69) is 15.5 Å². The van der Waals surface area contributed by atoms with Gasteiger partial charge < -0.3 is 15.6 Å². The number of hydrogen-bond acceptors (Lipinski definition) is 5. The second kappa shape index (κ2) is 6.99. The van der Waals surface area contributed by atoms with Crippen LogP contribution in [0.25, 0.3) is 11.5 Å². The summed E-state index contributed by atoms with van der Waals surface area (Å²) >= 11 is 0. The lowest BCUT2D eigenvalue weighted by molar-refractivity contribution is -0.117. The highest BCUT2D eigenvalue weighted by Crippen LogP contribution is 2.26. The van der Waals surface area contributed by atoms with Crippen LogP contribution in [-0.2, 0) is 4.79 Å². The number of aryl methyl sites for hydroxylation is 1. The number of carbonyl (C=O) groups excluding carboxylic acids is 1. The number of amides is 1. The van der Waals surface area contributed by atoms with Gasteiger partial charge in [-0.1, -0.05) is 30.6 Å². The Labute approximate surface area is 123 Å². The van der Waals surface area contributed by atoms with Gasteiger partial charge in [-0.15, -0.1) is 0 Å². The fourth-order valence-electron chi connectivity index (χ4n) is 2.04. The van der Waals surface area contributed by atoms with Crippen molar-refractivity contribution in [3.63, 3.8) is 0 Å². The van der Waals surface area contributed by atoms with Crippen LogP contribution < -0.4 is 11.1 Å². The monoisotopic (exact) mass is 288 g/mol. The van der Waals surface area contributed by atoms with E-state index in [1.54, 1.807) is 6.92 Å². The number of benzene rings is 1. The van der Waals surface area contributed by atoms with Gasteiger partial charge in [0.2, 0.25) is 5.91 Å². The summed E-state index contributed by atoms with van der Waals surface area (Å²) in [6.45, 7) is 4.29. The van der Waals surface area contributed by atoms with Crippen molar-refractivity contribution in [1.82, 2.24) is 10.1 Å². The van der Waals surface area contributed by atoms with Crippen molar-refractivity contribution < 1.29 is 9.32 Å². The summed E-state index contributed by atoms with van der Waals surface area (Å²) < 4.78 is 5.16. The Bertz CT molecular complexity index is 605. The maximum absolute atomic E-state index is 12.1. The second-order valence-corrected chi connectivity index (χ2v) is 4.95. The minimum absolute atomic E-state index is 0.0593. The lowest BCUT2D eigenvalue weighted by atomic mass is 10.0. The number of para-hydroxylation sites is 1. The van der Waals surface area contributed by atoms with Crippen LogP contribution in [0.15, 0.2) is 28.8 Å². The standard InChI is InChI=1S/C15H20N4O2/c1-3-11(9-16)8-14(20)18-13-7-5-4-6-12(13)15-17-10(2)19-21-15/h4-7,11H,3,8-9,16H2,1-2H3,(H,18,20). The van der Waals surface area contributed by atoms with E-state index >= 15 is 0 Å². The molecule has 3 N–H and O–H groups in total. The zero-order valence-corrected chi connectivity index (χ0v) is 12.3. The molecular formula is C15H20N4O2. The number of nitrogens with two attached hydrogens (primary N) is 1. The molecule has 0 saturated carbocycles. The molecule has 1 atom stereocenters. The minimum Gasteiger partial charge on any atom is -0.334 e. The van der Waals surface area contributed by atoms with E-state index in [0.717, 1.165) is 6.42 Å². The Morgan fingerprint density at radius 1 is 1.43 bits per heavy atom. The van der Waals surface area contributed by atoms with Crippen LogP contribution in [0.2, 0.25) is 0 Å². The Morgan fingerprint density at radius 2 is 2.19 bits per heavy atom. The van der Waals surface area contributed by atoms with Gasteiger partial charge in [-0.25, -0.2) is 0 Å². The zero-order chi connectivity index (χ0) is 15.2. The van der Waals surface area contributed by atoms with E-state index in [1.807, 2.05) is 31.2 Å². The quantitative estimate of drug-likeness (QED) is 0.851. The zero-order valence-electron chi connectivity index (χ0n) is 12.3. The first-order chi connectivity index (χ1) is 10.1. The highest BCUT2D eigenvalue weighted by Gasteiger charge is 2.15. The molecule has 1 heterocycles. The van der Waals surface area contributed by atoms with E-state index in [-0.39, 0.29) is 11.8 Å². The van der Waals surface area contributed by atoms with Crippen molar-refractivity contribution in [1.29, 1.82) is 0 Å². The van der Waals surface area contributed by atoms with Gasteiger partial charge in [-0.05, 0) is 31.5 Å². The smallest absolute Gasteiger partial charge is 0.260 e. The first-order valence-electron chi connectivity index (χ1n) is 7.03. The lowest BCUT2D eigenvalue weighted by Crippen LogP contribution is -2.21. The van der Waals surface area contributed by atoms with E-state index < -0.39 is 0 Å². The molecule has 0 aliphatic heterocycles. The average molecular weight is 288 g/mol. The van der Waals surface area contributed by atoms with Crippen LogP contribution in [0.5, 0.6) is 0 Å². The molecule has 2 rings (SSSR count).